The van der Waals surface area contributed by atoms with E-state index >= 15 is 0 Å². The fourth-order valence-corrected chi connectivity index (χ4v) is 2.62. The molecule has 2 rings (SSSR count). The van der Waals surface area contributed by atoms with Crippen LogP contribution < -0.4 is 5.32 Å². The van der Waals surface area contributed by atoms with Gasteiger partial charge in [0, 0.05) is 9.26 Å². The highest BCUT2D eigenvalue weighted by Gasteiger charge is 2.09. The molecule has 1 nitrogen and oxygen atoms in total. The summed E-state index contributed by atoms with van der Waals surface area (Å²) in [6, 6.07) is 19.6. The van der Waals surface area contributed by atoms with Crippen LogP contribution in [-0.2, 0) is 0 Å². The molecular formula is C16H18IN. The van der Waals surface area contributed by atoms with Gasteiger partial charge in [0.1, 0.15) is 0 Å². The van der Waals surface area contributed by atoms with Crippen LogP contribution >= 0.6 is 22.6 Å². The van der Waals surface area contributed by atoms with E-state index < -0.39 is 0 Å². The number of halogens is 1. The second-order valence-electron chi connectivity index (χ2n) is 4.41. The first-order valence-electron chi connectivity index (χ1n) is 6.36. The van der Waals surface area contributed by atoms with Gasteiger partial charge in [-0.05, 0) is 52.8 Å². The van der Waals surface area contributed by atoms with E-state index in [1.54, 1.807) is 0 Å². The minimum absolute atomic E-state index is 0.398. The Morgan fingerprint density at radius 2 is 1.83 bits per heavy atom. The number of hydrogen-bond acceptors (Lipinski definition) is 1. The van der Waals surface area contributed by atoms with Gasteiger partial charge in [-0.2, -0.15) is 0 Å². The molecule has 0 aromatic heterocycles. The molecule has 0 bridgehead atoms. The van der Waals surface area contributed by atoms with Gasteiger partial charge in [-0.25, -0.2) is 0 Å². The Kier molecular flexibility index (Phi) is 5.05. The first-order chi connectivity index (χ1) is 8.79. The summed E-state index contributed by atoms with van der Waals surface area (Å²) in [4.78, 5) is 0. The molecular weight excluding hydrogens is 333 g/mol. The molecule has 2 heteroatoms. The Bertz CT molecular complexity index is 481. The SMILES string of the molecule is CCCC(Nc1cccc(I)c1)c1ccccc1. The zero-order chi connectivity index (χ0) is 12.8. The average molecular weight is 351 g/mol. The minimum Gasteiger partial charge on any atom is -0.378 e. The monoisotopic (exact) mass is 351 g/mol. The zero-order valence-corrected chi connectivity index (χ0v) is 12.7. The lowest BCUT2D eigenvalue weighted by atomic mass is 10.0. The minimum atomic E-state index is 0.398. The average Bonchev–Trinajstić information content (AvgIpc) is 2.39. The first-order valence-corrected chi connectivity index (χ1v) is 7.44. The van der Waals surface area contributed by atoms with Gasteiger partial charge < -0.3 is 5.32 Å². The van der Waals surface area contributed by atoms with Gasteiger partial charge in [-0.15, -0.1) is 0 Å². The fourth-order valence-electron chi connectivity index (χ4n) is 2.08. The van der Waals surface area contributed by atoms with E-state index in [0.717, 1.165) is 6.42 Å². The van der Waals surface area contributed by atoms with E-state index in [2.05, 4.69) is 89.4 Å². The van der Waals surface area contributed by atoms with Gasteiger partial charge in [0.15, 0.2) is 0 Å². The Morgan fingerprint density at radius 3 is 2.50 bits per heavy atom. The summed E-state index contributed by atoms with van der Waals surface area (Å²) in [6.07, 6.45) is 2.33. The number of nitrogens with one attached hydrogen (secondary N) is 1. The molecule has 0 saturated carbocycles. The van der Waals surface area contributed by atoms with E-state index in [1.165, 1.54) is 21.2 Å². The second-order valence-corrected chi connectivity index (χ2v) is 5.65. The summed E-state index contributed by atoms with van der Waals surface area (Å²) in [6.45, 7) is 2.23. The van der Waals surface area contributed by atoms with Crippen LogP contribution in [-0.4, -0.2) is 0 Å². The maximum Gasteiger partial charge on any atom is 0.0513 e. The zero-order valence-electron chi connectivity index (χ0n) is 10.6. The highest BCUT2D eigenvalue weighted by Crippen LogP contribution is 2.24. The van der Waals surface area contributed by atoms with Crippen LogP contribution in [0.1, 0.15) is 31.4 Å². The van der Waals surface area contributed by atoms with Crippen molar-refractivity contribution in [3.05, 3.63) is 63.7 Å². The van der Waals surface area contributed by atoms with Crippen LogP contribution in [0.2, 0.25) is 0 Å². The summed E-state index contributed by atoms with van der Waals surface area (Å²) in [5.41, 5.74) is 2.56. The van der Waals surface area contributed by atoms with Crippen LogP contribution in [0.25, 0.3) is 0 Å². The van der Waals surface area contributed by atoms with Crippen LogP contribution in [0.15, 0.2) is 54.6 Å². The molecule has 94 valence electrons. The molecule has 0 spiro atoms. The van der Waals surface area contributed by atoms with Gasteiger partial charge >= 0.3 is 0 Å². The lowest BCUT2D eigenvalue weighted by Gasteiger charge is -2.20. The molecule has 0 aliphatic heterocycles. The molecule has 18 heavy (non-hydrogen) atoms. The Balaban J connectivity index is 2.16. The Hall–Kier alpha value is -1.03. The third kappa shape index (κ3) is 3.73. The van der Waals surface area contributed by atoms with Crippen LogP contribution in [0, 0.1) is 3.57 Å². The lowest BCUT2D eigenvalue weighted by Crippen LogP contribution is -2.10. The van der Waals surface area contributed by atoms with Crippen LogP contribution in [0.4, 0.5) is 5.69 Å². The molecule has 0 saturated heterocycles. The van der Waals surface area contributed by atoms with Crippen molar-refractivity contribution in [3.63, 3.8) is 0 Å². The van der Waals surface area contributed by atoms with Crippen molar-refractivity contribution in [1.82, 2.24) is 0 Å². The molecule has 1 unspecified atom stereocenters. The van der Waals surface area contributed by atoms with Crippen molar-refractivity contribution >= 4 is 28.3 Å². The smallest absolute Gasteiger partial charge is 0.0513 e. The number of anilines is 1. The van der Waals surface area contributed by atoms with Gasteiger partial charge in [0.2, 0.25) is 0 Å². The van der Waals surface area contributed by atoms with Crippen molar-refractivity contribution in [2.75, 3.05) is 5.32 Å². The number of benzene rings is 2. The fraction of sp³-hybridized carbons (Fsp3) is 0.250. The van der Waals surface area contributed by atoms with Crippen LogP contribution in [0.5, 0.6) is 0 Å². The van der Waals surface area contributed by atoms with Crippen molar-refractivity contribution in [3.8, 4) is 0 Å². The quantitative estimate of drug-likeness (QED) is 0.726. The topological polar surface area (TPSA) is 12.0 Å². The normalized spacial score (nSPS) is 12.1. The van der Waals surface area contributed by atoms with Crippen LogP contribution in [0.3, 0.4) is 0 Å². The summed E-state index contributed by atoms with van der Waals surface area (Å²) in [5.74, 6) is 0. The second kappa shape index (κ2) is 6.78. The third-order valence-electron chi connectivity index (χ3n) is 2.94. The highest BCUT2D eigenvalue weighted by atomic mass is 127. The molecule has 0 aliphatic rings. The summed E-state index contributed by atoms with van der Waals surface area (Å²) in [7, 11) is 0. The molecule has 0 aliphatic carbocycles. The van der Waals surface area contributed by atoms with Gasteiger partial charge in [-0.1, -0.05) is 49.7 Å². The first kappa shape index (κ1) is 13.4. The highest BCUT2D eigenvalue weighted by molar-refractivity contribution is 14.1. The van der Waals surface area contributed by atoms with Crippen molar-refractivity contribution < 1.29 is 0 Å². The molecule has 0 amide bonds. The summed E-state index contributed by atoms with van der Waals surface area (Å²) >= 11 is 2.35. The van der Waals surface area contributed by atoms with Gasteiger partial charge in [0.05, 0.1) is 6.04 Å². The number of hydrogen-bond donors (Lipinski definition) is 1. The van der Waals surface area contributed by atoms with E-state index in [9.17, 15) is 0 Å². The summed E-state index contributed by atoms with van der Waals surface area (Å²) < 4.78 is 1.26. The maximum absolute atomic E-state index is 3.63. The summed E-state index contributed by atoms with van der Waals surface area (Å²) in [5, 5.41) is 3.63. The molecule has 2 aromatic carbocycles. The Morgan fingerprint density at radius 1 is 1.06 bits per heavy atom. The van der Waals surface area contributed by atoms with E-state index in [1.807, 2.05) is 0 Å². The molecule has 2 aromatic rings. The van der Waals surface area contributed by atoms with Crippen molar-refractivity contribution in [2.24, 2.45) is 0 Å². The van der Waals surface area contributed by atoms with E-state index in [-0.39, 0.29) is 0 Å². The molecule has 0 radical (unpaired) electrons. The Labute approximate surface area is 123 Å². The predicted octanol–water partition coefficient (Wildman–Crippen LogP) is 5.24. The third-order valence-corrected chi connectivity index (χ3v) is 3.62. The largest absolute Gasteiger partial charge is 0.378 e. The standard InChI is InChI=1S/C16H18IN/c1-2-7-16(13-8-4-3-5-9-13)18-15-11-6-10-14(17)12-15/h3-6,8-12,16,18H,2,7H2,1H3. The van der Waals surface area contributed by atoms with E-state index in [0.29, 0.717) is 6.04 Å². The maximum atomic E-state index is 3.63. The number of rotatable bonds is 5. The van der Waals surface area contributed by atoms with Gasteiger partial charge in [0.25, 0.3) is 0 Å². The predicted molar refractivity (Wildman–Crippen MR) is 86.9 cm³/mol. The molecule has 0 heterocycles. The molecule has 1 N–H and O–H groups in total. The lowest BCUT2D eigenvalue weighted by molar-refractivity contribution is 0.677. The molecule has 0 fully saturated rings. The van der Waals surface area contributed by atoms with Crippen molar-refractivity contribution in [1.29, 1.82) is 0 Å². The van der Waals surface area contributed by atoms with E-state index in [4.69, 9.17) is 0 Å². The van der Waals surface area contributed by atoms with Crippen molar-refractivity contribution in [2.45, 2.75) is 25.8 Å². The molecule has 1 atom stereocenters. The van der Waals surface area contributed by atoms with Gasteiger partial charge in [-0.3, -0.25) is 0 Å².